The van der Waals surface area contributed by atoms with E-state index in [-0.39, 0.29) is 25.6 Å². The van der Waals surface area contributed by atoms with Crippen molar-refractivity contribution in [3.8, 4) is 11.5 Å². The molecule has 1 aliphatic heterocycles. The molecule has 176 valence electrons. The second kappa shape index (κ2) is 9.74. The number of likely N-dealkylation sites (tertiary alicyclic amines) is 1. The molecule has 0 atom stereocenters. The van der Waals surface area contributed by atoms with Gasteiger partial charge in [0.15, 0.2) is 0 Å². The van der Waals surface area contributed by atoms with Crippen LogP contribution in [0.3, 0.4) is 0 Å². The van der Waals surface area contributed by atoms with Gasteiger partial charge in [0.2, 0.25) is 6.41 Å². The largest absolute Gasteiger partial charge is 0.497 e. The molecule has 0 unspecified atom stereocenters. The number of hydrogen-bond acceptors (Lipinski definition) is 6. The van der Waals surface area contributed by atoms with E-state index in [1.54, 1.807) is 19.1 Å². The number of hydrogen-bond donors (Lipinski definition) is 1. The minimum absolute atomic E-state index is 0.0866. The zero-order valence-corrected chi connectivity index (χ0v) is 18.8. The summed E-state index contributed by atoms with van der Waals surface area (Å²) in [5.41, 5.74) is 1.96. The van der Waals surface area contributed by atoms with Crippen molar-refractivity contribution in [2.45, 2.75) is 5.54 Å². The molecule has 4 rings (SSSR count). The van der Waals surface area contributed by atoms with Crippen LogP contribution in [0.1, 0.15) is 10.4 Å². The summed E-state index contributed by atoms with van der Waals surface area (Å²) in [6.07, 6.45) is 0.552. The summed E-state index contributed by atoms with van der Waals surface area (Å²) in [6, 6.07) is 16.7. The predicted molar refractivity (Wildman–Crippen MR) is 123 cm³/mol. The van der Waals surface area contributed by atoms with Gasteiger partial charge in [-0.25, -0.2) is 9.40 Å². The SMILES string of the molecule is CN/N=N\N(C=O)C1(COc2ccc3cc(OC)ccc3c2)CN(C(=O)c2ccc(F)cc2)C1. The van der Waals surface area contributed by atoms with E-state index in [0.717, 1.165) is 21.5 Å². The normalized spacial score (nSPS) is 14.5. The molecule has 1 saturated heterocycles. The molecule has 0 bridgehead atoms. The molecule has 0 spiro atoms. The van der Waals surface area contributed by atoms with Gasteiger partial charge in [0.1, 0.15) is 29.5 Å². The van der Waals surface area contributed by atoms with Crippen LogP contribution in [0.4, 0.5) is 4.39 Å². The number of carbonyl (C=O) groups excluding carboxylic acids is 2. The summed E-state index contributed by atoms with van der Waals surface area (Å²) in [5, 5.41) is 10.7. The monoisotopic (exact) mass is 465 g/mol. The minimum Gasteiger partial charge on any atom is -0.497 e. The number of methoxy groups -OCH3 is 1. The summed E-state index contributed by atoms with van der Waals surface area (Å²) in [5.74, 6) is 0.678. The Balaban J connectivity index is 1.52. The fourth-order valence-electron chi connectivity index (χ4n) is 3.84. The number of rotatable bonds is 9. The number of ether oxygens (including phenoxy) is 2. The maximum Gasteiger partial charge on any atom is 0.254 e. The molecule has 10 heteroatoms. The predicted octanol–water partition coefficient (Wildman–Crippen LogP) is 3.22. The molecule has 3 aromatic rings. The molecule has 9 nitrogen and oxygen atoms in total. The van der Waals surface area contributed by atoms with E-state index in [9.17, 15) is 14.0 Å². The number of halogens is 1. The van der Waals surface area contributed by atoms with Gasteiger partial charge in [-0.3, -0.25) is 15.0 Å². The Morgan fingerprint density at radius 1 is 1.12 bits per heavy atom. The van der Waals surface area contributed by atoms with E-state index < -0.39 is 11.4 Å². The van der Waals surface area contributed by atoms with Gasteiger partial charge in [0, 0.05) is 12.6 Å². The van der Waals surface area contributed by atoms with Crippen LogP contribution < -0.4 is 14.9 Å². The second-order valence-corrected chi connectivity index (χ2v) is 7.92. The number of carbonyl (C=O) groups is 2. The van der Waals surface area contributed by atoms with E-state index in [4.69, 9.17) is 9.47 Å². The standard InChI is InChI=1S/C24H24FN5O4/c1-26-27-28-30(16-31)24(13-29(14-24)23(32)17-3-7-20(25)8-4-17)15-34-22-10-6-18-11-21(33-2)9-5-19(18)12-22/h3-12,16H,13-15H2,1-2H3,(H,26,28). The van der Waals surface area contributed by atoms with E-state index in [1.807, 2.05) is 36.4 Å². The van der Waals surface area contributed by atoms with Crippen LogP contribution in [0, 0.1) is 5.82 Å². The van der Waals surface area contributed by atoms with Crippen molar-refractivity contribution in [3.63, 3.8) is 0 Å². The lowest BCUT2D eigenvalue weighted by molar-refractivity contribution is -0.135. The third-order valence-electron chi connectivity index (χ3n) is 5.70. The first-order valence-corrected chi connectivity index (χ1v) is 10.6. The number of fused-ring (bicyclic) bond motifs is 1. The van der Waals surface area contributed by atoms with Crippen LogP contribution in [0.5, 0.6) is 11.5 Å². The van der Waals surface area contributed by atoms with Crippen molar-refractivity contribution in [1.82, 2.24) is 15.3 Å². The molecule has 0 aliphatic carbocycles. The Morgan fingerprint density at radius 2 is 1.76 bits per heavy atom. The lowest BCUT2D eigenvalue weighted by Gasteiger charge is -2.51. The number of nitrogens with one attached hydrogen (secondary N) is 1. The van der Waals surface area contributed by atoms with Gasteiger partial charge < -0.3 is 14.4 Å². The average Bonchev–Trinajstić information content (AvgIpc) is 2.84. The van der Waals surface area contributed by atoms with Crippen molar-refractivity contribution < 1.29 is 23.5 Å². The van der Waals surface area contributed by atoms with Crippen LogP contribution in [0.15, 0.2) is 71.1 Å². The highest BCUT2D eigenvalue weighted by atomic mass is 19.1. The third-order valence-corrected chi connectivity index (χ3v) is 5.70. The van der Waals surface area contributed by atoms with Gasteiger partial charge >= 0.3 is 0 Å². The van der Waals surface area contributed by atoms with E-state index in [2.05, 4.69) is 15.9 Å². The van der Waals surface area contributed by atoms with Crippen molar-refractivity contribution in [3.05, 3.63) is 72.0 Å². The molecule has 1 N–H and O–H groups in total. The summed E-state index contributed by atoms with van der Waals surface area (Å²) in [4.78, 5) is 26.2. The smallest absolute Gasteiger partial charge is 0.254 e. The van der Waals surface area contributed by atoms with Gasteiger partial charge in [-0.15, -0.1) is 0 Å². The van der Waals surface area contributed by atoms with Crippen LogP contribution in [0.25, 0.3) is 10.8 Å². The van der Waals surface area contributed by atoms with Crippen molar-refractivity contribution in [2.24, 2.45) is 10.4 Å². The molecule has 2 amide bonds. The van der Waals surface area contributed by atoms with E-state index in [0.29, 0.717) is 17.7 Å². The highest BCUT2D eigenvalue weighted by molar-refractivity contribution is 5.95. The fourth-order valence-corrected chi connectivity index (χ4v) is 3.84. The topological polar surface area (TPSA) is 95.8 Å². The van der Waals surface area contributed by atoms with Gasteiger partial charge in [0.05, 0.1) is 20.2 Å². The molecule has 1 aliphatic rings. The van der Waals surface area contributed by atoms with Crippen LogP contribution in [-0.4, -0.2) is 61.6 Å². The first-order chi connectivity index (χ1) is 16.5. The summed E-state index contributed by atoms with van der Waals surface area (Å²) in [7, 11) is 3.18. The van der Waals surface area contributed by atoms with E-state index in [1.165, 1.54) is 24.3 Å². The number of benzene rings is 3. The Morgan fingerprint density at radius 3 is 2.38 bits per heavy atom. The Kier molecular flexibility index (Phi) is 6.58. The van der Waals surface area contributed by atoms with Crippen molar-refractivity contribution in [1.29, 1.82) is 0 Å². The Bertz CT molecular complexity index is 1210. The molecular weight excluding hydrogens is 441 g/mol. The van der Waals surface area contributed by atoms with Crippen molar-refractivity contribution in [2.75, 3.05) is 33.9 Å². The Labute approximate surface area is 195 Å². The summed E-state index contributed by atoms with van der Waals surface area (Å²) < 4.78 is 24.5. The van der Waals surface area contributed by atoms with Crippen LogP contribution in [0.2, 0.25) is 0 Å². The molecule has 34 heavy (non-hydrogen) atoms. The summed E-state index contributed by atoms with van der Waals surface area (Å²) >= 11 is 0. The lowest BCUT2D eigenvalue weighted by atomic mass is 9.89. The molecule has 0 aromatic heterocycles. The Hall–Kier alpha value is -4.21. The molecule has 3 aromatic carbocycles. The molecule has 1 fully saturated rings. The molecule has 0 radical (unpaired) electrons. The maximum absolute atomic E-state index is 13.2. The zero-order valence-electron chi connectivity index (χ0n) is 18.8. The quantitative estimate of drug-likeness (QED) is 0.297. The molecule has 1 heterocycles. The van der Waals surface area contributed by atoms with Gasteiger partial charge in [-0.05, 0) is 64.5 Å². The highest BCUT2D eigenvalue weighted by Gasteiger charge is 2.51. The zero-order chi connectivity index (χ0) is 24.1. The molecule has 0 saturated carbocycles. The van der Waals surface area contributed by atoms with Crippen LogP contribution in [-0.2, 0) is 4.79 Å². The third kappa shape index (κ3) is 4.61. The minimum atomic E-state index is -0.910. The summed E-state index contributed by atoms with van der Waals surface area (Å²) in [6.45, 7) is 0.439. The fraction of sp³-hybridized carbons (Fsp3) is 0.250. The highest BCUT2D eigenvalue weighted by Crippen LogP contribution is 2.31. The van der Waals surface area contributed by atoms with Crippen molar-refractivity contribution >= 4 is 23.1 Å². The van der Waals surface area contributed by atoms with E-state index >= 15 is 0 Å². The van der Waals surface area contributed by atoms with Gasteiger partial charge in [0.25, 0.3) is 5.91 Å². The lowest BCUT2D eigenvalue weighted by Crippen LogP contribution is -2.72. The van der Waals surface area contributed by atoms with Crippen LogP contribution >= 0.6 is 0 Å². The number of nitrogens with zero attached hydrogens (tertiary/aromatic N) is 4. The first kappa shape index (κ1) is 23.0. The van der Waals surface area contributed by atoms with Gasteiger partial charge in [-0.1, -0.05) is 17.4 Å². The second-order valence-electron chi connectivity index (χ2n) is 7.92. The number of amides is 2. The van der Waals surface area contributed by atoms with Gasteiger partial charge in [-0.2, -0.15) is 0 Å². The molecular formula is C24H24FN5O4. The first-order valence-electron chi connectivity index (χ1n) is 10.6. The maximum atomic E-state index is 13.2. The average molecular weight is 465 g/mol.